The van der Waals surface area contributed by atoms with Crippen molar-refractivity contribution < 1.29 is 4.79 Å². The number of nitrogens with zero attached hydrogens (tertiary/aromatic N) is 4. The van der Waals surface area contributed by atoms with Crippen molar-refractivity contribution in [1.29, 1.82) is 0 Å². The summed E-state index contributed by atoms with van der Waals surface area (Å²) in [6, 6.07) is 13.6. The highest BCUT2D eigenvalue weighted by Gasteiger charge is 2.30. The summed E-state index contributed by atoms with van der Waals surface area (Å²) < 4.78 is 0. The number of aryl methyl sites for hydroxylation is 2. The predicted octanol–water partition coefficient (Wildman–Crippen LogP) is 3.94. The molecule has 148 valence electrons. The van der Waals surface area contributed by atoms with E-state index in [1.807, 2.05) is 67.3 Å². The van der Waals surface area contributed by atoms with Gasteiger partial charge in [0.2, 0.25) is 5.91 Å². The van der Waals surface area contributed by atoms with Gasteiger partial charge in [-0.15, -0.1) is 0 Å². The largest absolute Gasteiger partial charge is 0.331 e. The lowest BCUT2D eigenvalue weighted by atomic mass is 10.1. The Bertz CT molecular complexity index is 1030. The lowest BCUT2D eigenvalue weighted by molar-refractivity contribution is -0.126. The molecule has 3 aromatic rings. The van der Waals surface area contributed by atoms with Gasteiger partial charge in [0.25, 0.3) is 0 Å². The maximum absolute atomic E-state index is 12.8. The number of hydrogen-bond acceptors (Lipinski definition) is 5. The topological polar surface area (TPSA) is 86.8 Å². The quantitative estimate of drug-likeness (QED) is 0.647. The summed E-state index contributed by atoms with van der Waals surface area (Å²) in [7, 11) is 0. The summed E-state index contributed by atoms with van der Waals surface area (Å²) in [5.74, 6) is 2.05. The molecular weight excluding hydrogens is 364 g/mol. The van der Waals surface area contributed by atoms with E-state index < -0.39 is 0 Å². The Morgan fingerprint density at radius 3 is 2.76 bits per heavy atom. The fraction of sp³-hybridized carbons (Fsp3) is 0.273. The Morgan fingerprint density at radius 2 is 2.00 bits per heavy atom. The van der Waals surface area contributed by atoms with Crippen LogP contribution in [0.4, 0.5) is 11.6 Å². The van der Waals surface area contributed by atoms with Crippen molar-refractivity contribution in [3.8, 4) is 0 Å². The van der Waals surface area contributed by atoms with Gasteiger partial charge in [0, 0.05) is 30.4 Å². The second-order valence-electron chi connectivity index (χ2n) is 7.22. The standard InChI is InChI=1S/C22H24N6O/c1-15-13-21(27-26-15)25-20-14-18(23-16(2)24-20)19-9-6-12-28(19)22(29)11-10-17-7-4-3-5-8-17/h3-5,7-8,10-11,13-14,19H,6,9,12H2,1-2H3,(H2,23,24,25,26,27)/b11-10+/t19-/m0/s1. The van der Waals surface area contributed by atoms with Crippen LogP contribution in [0.2, 0.25) is 0 Å². The summed E-state index contributed by atoms with van der Waals surface area (Å²) in [5.41, 5.74) is 2.83. The number of nitrogens with one attached hydrogen (secondary N) is 2. The zero-order chi connectivity index (χ0) is 20.2. The first kappa shape index (κ1) is 18.9. The first-order chi connectivity index (χ1) is 14.1. The van der Waals surface area contributed by atoms with Crippen LogP contribution in [0.15, 0.2) is 48.5 Å². The van der Waals surface area contributed by atoms with Crippen LogP contribution in [0.1, 0.15) is 41.7 Å². The van der Waals surface area contributed by atoms with E-state index in [0.29, 0.717) is 17.5 Å². The smallest absolute Gasteiger partial charge is 0.247 e. The molecular formula is C22H24N6O. The second kappa shape index (κ2) is 8.26. The molecule has 1 atom stereocenters. The fourth-order valence-electron chi connectivity index (χ4n) is 3.60. The normalized spacial score (nSPS) is 16.5. The number of H-pyrrole nitrogens is 1. The molecule has 1 aromatic carbocycles. The average molecular weight is 388 g/mol. The second-order valence-corrected chi connectivity index (χ2v) is 7.22. The van der Waals surface area contributed by atoms with Crippen LogP contribution in [0.5, 0.6) is 0 Å². The lowest BCUT2D eigenvalue weighted by Crippen LogP contribution is -2.29. The van der Waals surface area contributed by atoms with E-state index in [1.165, 1.54) is 0 Å². The summed E-state index contributed by atoms with van der Waals surface area (Å²) in [6.45, 7) is 4.54. The summed E-state index contributed by atoms with van der Waals surface area (Å²) in [6.07, 6.45) is 5.35. The van der Waals surface area contributed by atoms with Gasteiger partial charge in [-0.2, -0.15) is 5.10 Å². The highest BCUT2D eigenvalue weighted by molar-refractivity contribution is 5.92. The van der Waals surface area contributed by atoms with Crippen LogP contribution in [-0.4, -0.2) is 37.5 Å². The van der Waals surface area contributed by atoms with Gasteiger partial charge < -0.3 is 10.2 Å². The molecule has 2 N–H and O–H groups in total. The van der Waals surface area contributed by atoms with Gasteiger partial charge in [0.1, 0.15) is 11.6 Å². The number of anilines is 2. The minimum atomic E-state index is -0.0499. The van der Waals surface area contributed by atoms with Gasteiger partial charge in [0.05, 0.1) is 11.7 Å². The van der Waals surface area contributed by atoms with Gasteiger partial charge in [-0.1, -0.05) is 30.3 Å². The zero-order valence-corrected chi connectivity index (χ0v) is 16.6. The van der Waals surface area contributed by atoms with Crippen LogP contribution < -0.4 is 5.32 Å². The predicted molar refractivity (Wildman–Crippen MR) is 113 cm³/mol. The maximum Gasteiger partial charge on any atom is 0.247 e. The number of amides is 1. The third kappa shape index (κ3) is 4.51. The minimum absolute atomic E-state index is 0.00468. The summed E-state index contributed by atoms with van der Waals surface area (Å²) in [5, 5.41) is 10.3. The minimum Gasteiger partial charge on any atom is -0.331 e. The maximum atomic E-state index is 12.8. The highest BCUT2D eigenvalue weighted by atomic mass is 16.2. The molecule has 7 heteroatoms. The average Bonchev–Trinajstić information content (AvgIpc) is 3.36. The van der Waals surface area contributed by atoms with E-state index in [4.69, 9.17) is 0 Å². The van der Waals surface area contributed by atoms with Crippen LogP contribution in [0, 0.1) is 13.8 Å². The van der Waals surface area contributed by atoms with Crippen molar-refractivity contribution >= 4 is 23.6 Å². The van der Waals surface area contributed by atoms with Crippen LogP contribution in [0.25, 0.3) is 6.08 Å². The molecule has 0 unspecified atom stereocenters. The molecule has 7 nitrogen and oxygen atoms in total. The molecule has 1 aliphatic heterocycles. The zero-order valence-electron chi connectivity index (χ0n) is 16.6. The van der Waals surface area contributed by atoms with Gasteiger partial charge in [-0.25, -0.2) is 9.97 Å². The van der Waals surface area contributed by atoms with Crippen LogP contribution in [-0.2, 0) is 4.79 Å². The molecule has 0 aliphatic carbocycles. The monoisotopic (exact) mass is 388 g/mol. The van der Waals surface area contributed by atoms with Crippen molar-refractivity contribution in [1.82, 2.24) is 25.1 Å². The number of hydrogen-bond donors (Lipinski definition) is 2. The van der Waals surface area contributed by atoms with Crippen LogP contribution in [0.3, 0.4) is 0 Å². The van der Waals surface area contributed by atoms with Crippen molar-refractivity contribution in [2.24, 2.45) is 0 Å². The number of rotatable bonds is 5. The van der Waals surface area contributed by atoms with Crippen molar-refractivity contribution in [2.75, 3.05) is 11.9 Å². The molecule has 29 heavy (non-hydrogen) atoms. The third-order valence-electron chi connectivity index (χ3n) is 4.92. The SMILES string of the molecule is Cc1nc(Nc2cc(C)[nH]n2)cc([C@@H]2CCCN2C(=O)/C=C/c2ccccc2)n1. The molecule has 1 amide bonds. The van der Waals surface area contributed by atoms with Gasteiger partial charge in [-0.3, -0.25) is 9.89 Å². The van der Waals surface area contributed by atoms with Crippen molar-refractivity contribution in [3.05, 3.63) is 71.3 Å². The summed E-state index contributed by atoms with van der Waals surface area (Å²) >= 11 is 0. The Morgan fingerprint density at radius 1 is 1.17 bits per heavy atom. The first-order valence-corrected chi connectivity index (χ1v) is 9.77. The molecule has 1 aliphatic rings. The van der Waals surface area contributed by atoms with E-state index in [1.54, 1.807) is 6.08 Å². The molecule has 4 rings (SSSR count). The van der Waals surface area contributed by atoms with Gasteiger partial charge in [0.15, 0.2) is 5.82 Å². The molecule has 1 fully saturated rings. The molecule has 2 aromatic heterocycles. The molecule has 3 heterocycles. The molecule has 0 bridgehead atoms. The number of carbonyl (C=O) groups excluding carboxylic acids is 1. The first-order valence-electron chi connectivity index (χ1n) is 9.77. The third-order valence-corrected chi connectivity index (χ3v) is 4.92. The van der Waals surface area contributed by atoms with E-state index >= 15 is 0 Å². The summed E-state index contributed by atoms with van der Waals surface area (Å²) in [4.78, 5) is 23.8. The van der Waals surface area contributed by atoms with Gasteiger partial charge in [-0.05, 0) is 38.3 Å². The Kier molecular flexibility index (Phi) is 5.37. The van der Waals surface area contributed by atoms with E-state index in [-0.39, 0.29) is 11.9 Å². The molecule has 0 spiro atoms. The number of aromatic nitrogens is 4. The number of aromatic amines is 1. The number of benzene rings is 1. The molecule has 0 radical (unpaired) electrons. The lowest BCUT2D eigenvalue weighted by Gasteiger charge is -2.23. The Balaban J connectivity index is 1.53. The molecule has 0 saturated carbocycles. The van der Waals surface area contributed by atoms with Crippen molar-refractivity contribution in [3.63, 3.8) is 0 Å². The van der Waals surface area contributed by atoms with Gasteiger partial charge >= 0.3 is 0 Å². The Labute approximate surface area is 169 Å². The molecule has 1 saturated heterocycles. The Hall–Kier alpha value is -3.48. The van der Waals surface area contributed by atoms with Crippen LogP contribution >= 0.6 is 0 Å². The van der Waals surface area contributed by atoms with Crippen molar-refractivity contribution in [2.45, 2.75) is 32.7 Å². The number of carbonyl (C=O) groups is 1. The van der Waals surface area contributed by atoms with E-state index in [0.717, 1.165) is 36.3 Å². The highest BCUT2D eigenvalue weighted by Crippen LogP contribution is 2.32. The number of likely N-dealkylation sites (tertiary alicyclic amines) is 1. The van der Waals surface area contributed by atoms with E-state index in [2.05, 4.69) is 25.5 Å². The van der Waals surface area contributed by atoms with E-state index in [9.17, 15) is 4.79 Å². The fourth-order valence-corrected chi connectivity index (χ4v) is 3.60.